The molecular weight excluding hydrogens is 384 g/mol. The predicted molar refractivity (Wildman–Crippen MR) is 120 cm³/mol. The molecule has 0 spiro atoms. The van der Waals surface area contributed by atoms with Gasteiger partial charge in [0.1, 0.15) is 0 Å². The second-order valence-electron chi connectivity index (χ2n) is 9.78. The zero-order valence-corrected chi connectivity index (χ0v) is 18.8. The van der Waals surface area contributed by atoms with Crippen molar-refractivity contribution in [3.8, 4) is 0 Å². The van der Waals surface area contributed by atoms with E-state index in [1.54, 1.807) is 6.07 Å². The SMILES string of the molecule is CC(C)(CO)CNCc1ccc(Cl)c(C(=O)NCC23CCCC(CCC2)C3)c1.[CH2]. The number of carbonyl (C=O) groups is 1. The normalized spacial score (nSPS) is 23.9. The Morgan fingerprint density at radius 1 is 1.28 bits per heavy atom. The van der Waals surface area contributed by atoms with Gasteiger partial charge in [-0.3, -0.25) is 4.79 Å². The quantitative estimate of drug-likeness (QED) is 0.562. The Hall–Kier alpha value is -1.10. The summed E-state index contributed by atoms with van der Waals surface area (Å²) in [7, 11) is 0. The monoisotopic (exact) mass is 420 g/mol. The minimum atomic E-state index is -0.163. The van der Waals surface area contributed by atoms with Gasteiger partial charge in [0.05, 0.1) is 10.6 Å². The van der Waals surface area contributed by atoms with E-state index in [1.807, 2.05) is 26.0 Å². The smallest absolute Gasteiger partial charge is 0.252 e. The van der Waals surface area contributed by atoms with Crippen LogP contribution in [0.5, 0.6) is 0 Å². The van der Waals surface area contributed by atoms with Gasteiger partial charge in [-0.15, -0.1) is 0 Å². The lowest BCUT2D eigenvalue weighted by Gasteiger charge is -2.45. The highest BCUT2D eigenvalue weighted by Crippen LogP contribution is 2.48. The van der Waals surface area contributed by atoms with Crippen LogP contribution in [-0.4, -0.2) is 30.7 Å². The number of hydrogen-bond acceptors (Lipinski definition) is 3. The molecule has 4 nitrogen and oxygen atoms in total. The third-order valence-corrected chi connectivity index (χ3v) is 6.95. The van der Waals surface area contributed by atoms with E-state index in [1.165, 1.54) is 44.9 Å². The van der Waals surface area contributed by atoms with Gasteiger partial charge < -0.3 is 15.7 Å². The number of nitrogens with one attached hydrogen (secondary N) is 2. The summed E-state index contributed by atoms with van der Waals surface area (Å²) >= 11 is 6.33. The second kappa shape index (κ2) is 10.3. The molecule has 0 unspecified atom stereocenters. The second-order valence-corrected chi connectivity index (χ2v) is 10.2. The number of halogens is 1. The van der Waals surface area contributed by atoms with Gasteiger partial charge in [0.25, 0.3) is 5.91 Å². The maximum absolute atomic E-state index is 12.8. The molecule has 3 N–H and O–H groups in total. The first-order valence-electron chi connectivity index (χ1n) is 10.7. The van der Waals surface area contributed by atoms with Gasteiger partial charge in [0.15, 0.2) is 0 Å². The Balaban J connectivity index is 0.00000300. The van der Waals surface area contributed by atoms with Crippen LogP contribution in [0, 0.1) is 24.2 Å². The number of hydrogen-bond donors (Lipinski definition) is 3. The molecule has 3 rings (SSSR count). The molecule has 2 fully saturated rings. The number of carbonyl (C=O) groups excluding carboxylic acids is 1. The number of amides is 1. The molecule has 29 heavy (non-hydrogen) atoms. The number of aliphatic hydroxyl groups excluding tert-OH is 1. The van der Waals surface area contributed by atoms with E-state index in [-0.39, 0.29) is 25.4 Å². The molecule has 0 aliphatic heterocycles. The van der Waals surface area contributed by atoms with Gasteiger partial charge in [-0.05, 0) is 48.3 Å². The maximum atomic E-state index is 12.8. The van der Waals surface area contributed by atoms with Crippen molar-refractivity contribution in [2.45, 2.75) is 65.3 Å². The van der Waals surface area contributed by atoms with Gasteiger partial charge in [-0.1, -0.05) is 64.6 Å². The maximum Gasteiger partial charge on any atom is 0.252 e. The van der Waals surface area contributed by atoms with Crippen LogP contribution in [0.3, 0.4) is 0 Å². The zero-order chi connectivity index (χ0) is 20.2. The van der Waals surface area contributed by atoms with Crippen LogP contribution in [0.2, 0.25) is 5.02 Å². The Morgan fingerprint density at radius 3 is 2.62 bits per heavy atom. The van der Waals surface area contributed by atoms with E-state index in [0.717, 1.165) is 18.0 Å². The molecule has 2 saturated carbocycles. The summed E-state index contributed by atoms with van der Waals surface area (Å²) in [6.07, 6.45) is 9.07. The van der Waals surface area contributed by atoms with Crippen molar-refractivity contribution < 1.29 is 9.90 Å². The first kappa shape index (κ1) is 24.2. The zero-order valence-electron chi connectivity index (χ0n) is 18.0. The Morgan fingerprint density at radius 2 is 1.97 bits per heavy atom. The van der Waals surface area contributed by atoms with Gasteiger partial charge in [-0.25, -0.2) is 0 Å². The Kier molecular flexibility index (Phi) is 8.57. The van der Waals surface area contributed by atoms with Crippen molar-refractivity contribution in [2.75, 3.05) is 19.7 Å². The Labute approximate surface area is 181 Å². The number of rotatable bonds is 8. The van der Waals surface area contributed by atoms with Crippen LogP contribution in [-0.2, 0) is 6.54 Å². The minimum Gasteiger partial charge on any atom is -0.396 e. The first-order valence-corrected chi connectivity index (χ1v) is 11.1. The predicted octanol–water partition coefficient (Wildman–Crippen LogP) is 4.87. The molecule has 5 heteroatoms. The summed E-state index contributed by atoms with van der Waals surface area (Å²) in [5.74, 6) is 0.796. The first-order chi connectivity index (χ1) is 13.3. The number of benzene rings is 1. The van der Waals surface area contributed by atoms with Crippen molar-refractivity contribution in [3.05, 3.63) is 41.8 Å². The van der Waals surface area contributed by atoms with E-state index < -0.39 is 0 Å². The van der Waals surface area contributed by atoms with Gasteiger partial charge in [-0.2, -0.15) is 0 Å². The minimum absolute atomic E-state index is 0. The molecule has 2 aliphatic rings. The van der Waals surface area contributed by atoms with Gasteiger partial charge in [0, 0.05) is 31.7 Å². The van der Waals surface area contributed by atoms with Crippen LogP contribution in [0.1, 0.15) is 74.7 Å². The molecule has 1 amide bonds. The average molecular weight is 421 g/mol. The Bertz CT molecular complexity index is 679. The van der Waals surface area contributed by atoms with Crippen LogP contribution in [0.25, 0.3) is 0 Å². The third kappa shape index (κ3) is 6.44. The average Bonchev–Trinajstić information content (AvgIpc) is 2.67. The lowest BCUT2D eigenvalue weighted by Crippen LogP contribution is -2.43. The largest absolute Gasteiger partial charge is 0.396 e. The lowest BCUT2D eigenvalue weighted by atomic mass is 9.62. The standard InChI is InChI=1S/C23H35ClN2O2.CH2/c1-22(2,16-27)14-25-13-18-7-8-20(24)19(11-18)21(28)26-15-23-9-3-5-17(12-23)6-4-10-23;/h7-8,11,17,25,27H,3-6,9-10,12-16H2,1-2H3,(H,26,28);1H2. The number of aliphatic hydroxyl groups is 1. The van der Waals surface area contributed by atoms with Crippen LogP contribution < -0.4 is 10.6 Å². The molecule has 0 atom stereocenters. The molecule has 162 valence electrons. The van der Waals surface area contributed by atoms with Crippen molar-refractivity contribution in [1.29, 1.82) is 0 Å². The van der Waals surface area contributed by atoms with Crippen molar-refractivity contribution >= 4 is 17.5 Å². The van der Waals surface area contributed by atoms with Gasteiger partial charge in [0.2, 0.25) is 0 Å². The van der Waals surface area contributed by atoms with E-state index in [4.69, 9.17) is 11.6 Å². The fourth-order valence-electron chi connectivity index (χ4n) is 4.89. The van der Waals surface area contributed by atoms with E-state index in [2.05, 4.69) is 10.6 Å². The fraction of sp³-hybridized carbons (Fsp3) is 0.667. The fourth-order valence-corrected chi connectivity index (χ4v) is 5.09. The highest BCUT2D eigenvalue weighted by molar-refractivity contribution is 6.33. The molecule has 0 saturated heterocycles. The molecule has 2 radical (unpaired) electrons. The topological polar surface area (TPSA) is 61.4 Å². The van der Waals surface area contributed by atoms with Crippen LogP contribution >= 0.6 is 11.6 Å². The van der Waals surface area contributed by atoms with E-state index in [0.29, 0.717) is 29.1 Å². The summed E-state index contributed by atoms with van der Waals surface area (Å²) < 4.78 is 0. The highest BCUT2D eigenvalue weighted by Gasteiger charge is 2.39. The van der Waals surface area contributed by atoms with E-state index in [9.17, 15) is 9.90 Å². The van der Waals surface area contributed by atoms with Crippen molar-refractivity contribution in [1.82, 2.24) is 10.6 Å². The molecule has 1 aromatic rings. The summed E-state index contributed by atoms with van der Waals surface area (Å²) in [5.41, 5.74) is 1.72. The third-order valence-electron chi connectivity index (χ3n) is 6.62. The lowest BCUT2D eigenvalue weighted by molar-refractivity contribution is 0.0681. The van der Waals surface area contributed by atoms with Crippen molar-refractivity contribution in [3.63, 3.8) is 0 Å². The van der Waals surface area contributed by atoms with Gasteiger partial charge >= 0.3 is 0 Å². The van der Waals surface area contributed by atoms with Crippen LogP contribution in [0.4, 0.5) is 0 Å². The number of fused-ring (bicyclic) bond motifs is 2. The van der Waals surface area contributed by atoms with E-state index >= 15 is 0 Å². The molecular formula is C24H37ClN2O2. The van der Waals surface area contributed by atoms with Crippen LogP contribution in [0.15, 0.2) is 18.2 Å². The summed E-state index contributed by atoms with van der Waals surface area (Å²) in [4.78, 5) is 12.8. The summed E-state index contributed by atoms with van der Waals surface area (Å²) in [6, 6.07) is 5.64. The molecule has 2 aliphatic carbocycles. The van der Waals surface area contributed by atoms with Crippen molar-refractivity contribution in [2.24, 2.45) is 16.7 Å². The highest BCUT2D eigenvalue weighted by atomic mass is 35.5. The summed E-state index contributed by atoms with van der Waals surface area (Å²) in [6.45, 7) is 6.29. The summed E-state index contributed by atoms with van der Waals surface area (Å²) in [5, 5.41) is 16.4. The molecule has 0 heterocycles. The molecule has 0 aromatic heterocycles. The molecule has 2 bridgehead atoms. The molecule has 1 aromatic carbocycles.